The number of aromatic nitrogens is 2. The van der Waals surface area contributed by atoms with E-state index in [-0.39, 0.29) is 5.91 Å². The van der Waals surface area contributed by atoms with Crippen LogP contribution in [0.4, 0.5) is 11.6 Å². The van der Waals surface area contributed by atoms with Crippen LogP contribution in [0.5, 0.6) is 5.75 Å². The summed E-state index contributed by atoms with van der Waals surface area (Å²) >= 11 is 3.40. The van der Waals surface area contributed by atoms with Gasteiger partial charge in [-0.15, -0.1) is 0 Å². The van der Waals surface area contributed by atoms with Crippen LogP contribution in [0.15, 0.2) is 53.0 Å². The lowest BCUT2D eigenvalue weighted by molar-refractivity contribution is -0.124. The average Bonchev–Trinajstić information content (AvgIpc) is 2.68. The number of carbonyl (C=O) groups is 1. The molecule has 138 valence electrons. The summed E-state index contributed by atoms with van der Waals surface area (Å²) in [5, 5.41) is 0. The van der Waals surface area contributed by atoms with E-state index in [0.717, 1.165) is 15.5 Å². The molecule has 0 radical (unpaired) electrons. The fourth-order valence-electron chi connectivity index (χ4n) is 3.08. The Labute approximate surface area is 165 Å². The Morgan fingerprint density at radius 1 is 1.04 bits per heavy atom. The Bertz CT molecular complexity index is 993. The van der Waals surface area contributed by atoms with Gasteiger partial charge in [0, 0.05) is 24.6 Å². The number of ether oxygens (including phenoxy) is 1. The summed E-state index contributed by atoms with van der Waals surface area (Å²) in [5.74, 6) is 1.82. The molecule has 0 N–H and O–H groups in total. The number of para-hydroxylation sites is 2. The maximum atomic E-state index is 13.1. The van der Waals surface area contributed by atoms with Crippen molar-refractivity contribution in [3.8, 4) is 5.75 Å². The molecule has 0 saturated carbocycles. The van der Waals surface area contributed by atoms with Gasteiger partial charge in [0.15, 0.2) is 17.7 Å². The van der Waals surface area contributed by atoms with Crippen molar-refractivity contribution in [1.82, 2.24) is 9.97 Å². The average molecular weight is 427 g/mol. The highest BCUT2D eigenvalue weighted by Crippen LogP contribution is 2.31. The number of likely N-dealkylation sites (N-methyl/N-ethyl adjacent to an activating group) is 1. The normalized spacial score (nSPS) is 14.8. The van der Waals surface area contributed by atoms with E-state index < -0.39 is 6.10 Å². The van der Waals surface area contributed by atoms with Crippen molar-refractivity contribution in [3.05, 3.63) is 53.0 Å². The second-order valence-electron chi connectivity index (χ2n) is 6.48. The number of hydrogen-bond donors (Lipinski definition) is 0. The topological polar surface area (TPSA) is 58.6 Å². The summed E-state index contributed by atoms with van der Waals surface area (Å²) in [4.78, 5) is 26.2. The highest BCUT2D eigenvalue weighted by atomic mass is 79.9. The van der Waals surface area contributed by atoms with Crippen molar-refractivity contribution >= 4 is 44.5 Å². The lowest BCUT2D eigenvalue weighted by Gasteiger charge is -2.34. The van der Waals surface area contributed by atoms with Gasteiger partial charge in [-0.2, -0.15) is 0 Å². The quantitative estimate of drug-likeness (QED) is 0.639. The summed E-state index contributed by atoms with van der Waals surface area (Å²) in [5.41, 5.74) is 1.59. The van der Waals surface area contributed by atoms with Crippen molar-refractivity contribution in [2.45, 2.75) is 13.0 Å². The highest BCUT2D eigenvalue weighted by molar-refractivity contribution is 9.10. The Morgan fingerprint density at radius 3 is 2.33 bits per heavy atom. The van der Waals surface area contributed by atoms with Gasteiger partial charge in [0.05, 0.1) is 11.0 Å². The van der Waals surface area contributed by atoms with Crippen LogP contribution in [0.1, 0.15) is 6.92 Å². The third-order valence-corrected chi connectivity index (χ3v) is 5.08. The van der Waals surface area contributed by atoms with Gasteiger partial charge >= 0.3 is 0 Å². The van der Waals surface area contributed by atoms with Crippen LogP contribution in [-0.2, 0) is 4.79 Å². The molecular formula is C20H19BrN4O2. The number of carbonyl (C=O) groups excluding carboxylic acids is 1. The number of fused-ring (bicyclic) bond motifs is 2. The molecule has 1 aliphatic rings. The maximum Gasteiger partial charge on any atom is 0.269 e. The van der Waals surface area contributed by atoms with E-state index in [1.165, 1.54) is 0 Å². The molecule has 4 rings (SSSR count). The largest absolute Gasteiger partial charge is 0.481 e. The molecule has 0 bridgehead atoms. The van der Waals surface area contributed by atoms with Crippen LogP contribution in [0.25, 0.3) is 11.0 Å². The first-order valence-corrected chi connectivity index (χ1v) is 9.54. The summed E-state index contributed by atoms with van der Waals surface area (Å²) in [6, 6.07) is 15.1. The fraction of sp³-hybridized carbons (Fsp3) is 0.250. The van der Waals surface area contributed by atoms with Crippen LogP contribution in [0.3, 0.4) is 0 Å². The van der Waals surface area contributed by atoms with Crippen molar-refractivity contribution < 1.29 is 9.53 Å². The van der Waals surface area contributed by atoms with Crippen molar-refractivity contribution in [2.24, 2.45) is 0 Å². The van der Waals surface area contributed by atoms with Crippen molar-refractivity contribution in [2.75, 3.05) is 29.9 Å². The molecule has 0 saturated heterocycles. The van der Waals surface area contributed by atoms with Crippen molar-refractivity contribution in [1.29, 1.82) is 0 Å². The van der Waals surface area contributed by atoms with Gasteiger partial charge in [-0.3, -0.25) is 9.69 Å². The molecule has 2 heterocycles. The van der Waals surface area contributed by atoms with E-state index in [9.17, 15) is 4.79 Å². The fourth-order valence-corrected chi connectivity index (χ4v) is 3.35. The zero-order chi connectivity index (χ0) is 19.0. The van der Waals surface area contributed by atoms with E-state index in [1.807, 2.05) is 60.5 Å². The Morgan fingerprint density at radius 2 is 1.67 bits per heavy atom. The molecule has 0 unspecified atom stereocenters. The molecule has 1 aromatic heterocycles. The van der Waals surface area contributed by atoms with Gasteiger partial charge in [-0.05, 0) is 43.3 Å². The highest BCUT2D eigenvalue weighted by Gasteiger charge is 2.31. The van der Waals surface area contributed by atoms with Crippen LogP contribution in [0, 0.1) is 0 Å². The number of anilines is 2. The summed E-state index contributed by atoms with van der Waals surface area (Å²) in [6.45, 7) is 3.00. The number of amides is 1. The molecule has 1 aliphatic heterocycles. The number of rotatable bonds is 3. The van der Waals surface area contributed by atoms with E-state index in [2.05, 4.69) is 15.9 Å². The first-order chi connectivity index (χ1) is 13.0. The number of halogens is 1. The predicted molar refractivity (Wildman–Crippen MR) is 109 cm³/mol. The van der Waals surface area contributed by atoms with Crippen LogP contribution >= 0.6 is 15.9 Å². The van der Waals surface area contributed by atoms with E-state index in [1.54, 1.807) is 11.8 Å². The Balaban J connectivity index is 1.64. The number of hydrogen-bond acceptors (Lipinski definition) is 5. The smallest absolute Gasteiger partial charge is 0.269 e. The first-order valence-electron chi connectivity index (χ1n) is 8.74. The predicted octanol–water partition coefficient (Wildman–Crippen LogP) is 3.64. The van der Waals surface area contributed by atoms with Gasteiger partial charge in [0.1, 0.15) is 5.75 Å². The molecule has 27 heavy (non-hydrogen) atoms. The van der Waals surface area contributed by atoms with Gasteiger partial charge < -0.3 is 9.64 Å². The van der Waals surface area contributed by atoms with Gasteiger partial charge in [-0.1, -0.05) is 28.1 Å². The molecule has 0 fully saturated rings. The minimum absolute atomic E-state index is 0.128. The monoisotopic (exact) mass is 426 g/mol. The van der Waals surface area contributed by atoms with Crippen LogP contribution in [-0.4, -0.2) is 42.1 Å². The Hall–Kier alpha value is -2.67. The minimum Gasteiger partial charge on any atom is -0.481 e. The lowest BCUT2D eigenvalue weighted by atomic mass is 10.2. The molecule has 7 heteroatoms. The van der Waals surface area contributed by atoms with Crippen LogP contribution < -0.4 is 14.5 Å². The third kappa shape index (κ3) is 3.47. The second kappa shape index (κ2) is 7.15. The van der Waals surface area contributed by atoms with Crippen LogP contribution in [0.2, 0.25) is 0 Å². The zero-order valence-electron chi connectivity index (χ0n) is 15.1. The van der Waals surface area contributed by atoms with Gasteiger partial charge in [-0.25, -0.2) is 9.97 Å². The van der Waals surface area contributed by atoms with Crippen molar-refractivity contribution in [3.63, 3.8) is 0 Å². The summed E-state index contributed by atoms with van der Waals surface area (Å²) < 4.78 is 6.80. The molecule has 1 atom stereocenters. The number of nitrogens with zero attached hydrogens (tertiary/aromatic N) is 4. The second-order valence-corrected chi connectivity index (χ2v) is 7.40. The van der Waals surface area contributed by atoms with E-state index in [4.69, 9.17) is 14.7 Å². The molecule has 1 amide bonds. The SMILES string of the molecule is C[C@@H](Oc1ccc(Br)cc1)C(=O)N1CCN(C)c2nc3ccccc3nc21. The van der Waals surface area contributed by atoms with Gasteiger partial charge in [0.2, 0.25) is 0 Å². The molecular weight excluding hydrogens is 408 g/mol. The third-order valence-electron chi connectivity index (χ3n) is 4.55. The number of benzene rings is 2. The maximum absolute atomic E-state index is 13.1. The molecule has 0 aliphatic carbocycles. The summed E-state index contributed by atoms with van der Waals surface area (Å²) in [7, 11) is 1.96. The first kappa shape index (κ1) is 17.7. The molecule has 0 spiro atoms. The van der Waals surface area contributed by atoms with Gasteiger partial charge in [0.25, 0.3) is 5.91 Å². The zero-order valence-corrected chi connectivity index (χ0v) is 16.7. The lowest BCUT2D eigenvalue weighted by Crippen LogP contribution is -2.48. The molecule has 3 aromatic rings. The molecule has 2 aromatic carbocycles. The Kier molecular flexibility index (Phi) is 4.70. The standard InChI is InChI=1S/C20H19BrN4O2/c1-13(27-15-9-7-14(21)8-10-15)20(26)25-12-11-24(2)18-19(25)23-17-6-4-3-5-16(17)22-18/h3-10,13H,11-12H2,1-2H3/t13-/m1/s1. The molecule has 6 nitrogen and oxygen atoms in total. The minimum atomic E-state index is -0.629. The summed E-state index contributed by atoms with van der Waals surface area (Å²) in [6.07, 6.45) is -0.629. The van der Waals surface area contributed by atoms with E-state index in [0.29, 0.717) is 30.5 Å². The van der Waals surface area contributed by atoms with E-state index >= 15 is 0 Å².